The van der Waals surface area contributed by atoms with Crippen molar-refractivity contribution in [2.24, 2.45) is 11.8 Å². The van der Waals surface area contributed by atoms with Crippen molar-refractivity contribution in [3.63, 3.8) is 0 Å². The molecule has 3 N–H and O–H groups in total. The lowest BCUT2D eigenvalue weighted by atomic mass is 10.1. The van der Waals surface area contributed by atoms with Crippen molar-refractivity contribution in [2.75, 3.05) is 12.0 Å². The van der Waals surface area contributed by atoms with Gasteiger partial charge in [0.1, 0.15) is 5.69 Å². The Bertz CT molecular complexity index is 529. The first kappa shape index (κ1) is 16.9. The number of para-hydroxylation sites is 1. The number of rotatable bonds is 6. The molecule has 0 spiro atoms. The highest BCUT2D eigenvalue weighted by Gasteiger charge is 2.26. The second-order valence-corrected chi connectivity index (χ2v) is 5.55. The number of hydrazine groups is 1. The average Bonchev–Trinajstić information content (AvgIpc) is 2.42. The molecule has 1 amide bonds. The lowest BCUT2D eigenvalue weighted by molar-refractivity contribution is -0.384. The summed E-state index contributed by atoms with van der Waals surface area (Å²) < 4.78 is 0. The number of amides is 1. The number of nitrogens with zero attached hydrogens (tertiary/aromatic N) is 2. The molecule has 7 heteroatoms. The van der Waals surface area contributed by atoms with Crippen LogP contribution in [0, 0.1) is 16.0 Å². The quantitative estimate of drug-likeness (QED) is 0.476. The molecule has 0 heterocycles. The number of carbonyl (C=O) groups excluding carboxylic acids is 1. The SMILES string of the molecule is CC(C)CN(C(=O)c1cccc([N+](=O)[O-])c1NN)C(C)C. The number of nitrogens with two attached hydrogens (primary N) is 1. The molecular weight excluding hydrogens is 272 g/mol. The van der Waals surface area contributed by atoms with E-state index in [9.17, 15) is 14.9 Å². The molecule has 0 aliphatic carbocycles. The van der Waals surface area contributed by atoms with E-state index in [0.717, 1.165) is 0 Å². The van der Waals surface area contributed by atoms with Crippen LogP contribution >= 0.6 is 0 Å². The number of hydrogen-bond acceptors (Lipinski definition) is 5. The van der Waals surface area contributed by atoms with E-state index in [2.05, 4.69) is 5.43 Å². The predicted molar refractivity (Wildman–Crippen MR) is 81.9 cm³/mol. The minimum absolute atomic E-state index is 0.00946. The van der Waals surface area contributed by atoms with Gasteiger partial charge in [-0.2, -0.15) is 0 Å². The second kappa shape index (κ2) is 7.03. The fourth-order valence-corrected chi connectivity index (χ4v) is 2.10. The summed E-state index contributed by atoms with van der Waals surface area (Å²) in [5, 5.41) is 11.0. The first-order chi connectivity index (χ1) is 9.79. The van der Waals surface area contributed by atoms with E-state index < -0.39 is 4.92 Å². The molecule has 0 aliphatic rings. The standard InChI is InChI=1S/C14H22N4O3/c1-9(2)8-17(10(3)4)14(19)11-6-5-7-12(18(20)21)13(11)16-15/h5-7,9-10,16H,8,15H2,1-4H3. The molecule has 1 rings (SSSR count). The molecule has 0 saturated heterocycles. The van der Waals surface area contributed by atoms with Gasteiger partial charge in [0.15, 0.2) is 0 Å². The number of nitrogen functional groups attached to an aromatic ring is 1. The van der Waals surface area contributed by atoms with Gasteiger partial charge in [-0.05, 0) is 25.8 Å². The van der Waals surface area contributed by atoms with Gasteiger partial charge >= 0.3 is 0 Å². The lowest BCUT2D eigenvalue weighted by Crippen LogP contribution is -2.40. The third kappa shape index (κ3) is 3.91. The predicted octanol–water partition coefficient (Wildman–Crippen LogP) is 2.39. The molecule has 1 aromatic rings. The van der Waals surface area contributed by atoms with E-state index >= 15 is 0 Å². The van der Waals surface area contributed by atoms with Gasteiger partial charge in [0.05, 0.1) is 10.5 Å². The number of carbonyl (C=O) groups is 1. The van der Waals surface area contributed by atoms with Gasteiger partial charge in [-0.1, -0.05) is 19.9 Å². The maximum Gasteiger partial charge on any atom is 0.294 e. The highest BCUT2D eigenvalue weighted by Crippen LogP contribution is 2.28. The summed E-state index contributed by atoms with van der Waals surface area (Å²) in [6.45, 7) is 8.42. The first-order valence-corrected chi connectivity index (χ1v) is 6.84. The van der Waals surface area contributed by atoms with Crippen LogP contribution in [-0.4, -0.2) is 28.3 Å². The van der Waals surface area contributed by atoms with Crippen LogP contribution in [0.15, 0.2) is 18.2 Å². The minimum Gasteiger partial charge on any atom is -0.336 e. The van der Waals surface area contributed by atoms with Crippen LogP contribution in [0.3, 0.4) is 0 Å². The molecule has 0 atom stereocenters. The van der Waals surface area contributed by atoms with Crippen molar-refractivity contribution < 1.29 is 9.72 Å². The number of nitro groups is 1. The summed E-state index contributed by atoms with van der Waals surface area (Å²) >= 11 is 0. The zero-order chi connectivity index (χ0) is 16.2. The summed E-state index contributed by atoms with van der Waals surface area (Å²) in [5.41, 5.74) is 2.33. The van der Waals surface area contributed by atoms with Gasteiger partial charge in [0.2, 0.25) is 0 Å². The Morgan fingerprint density at radius 1 is 1.38 bits per heavy atom. The largest absolute Gasteiger partial charge is 0.336 e. The Morgan fingerprint density at radius 3 is 2.43 bits per heavy atom. The van der Waals surface area contributed by atoms with Gasteiger partial charge in [0, 0.05) is 18.7 Å². The van der Waals surface area contributed by atoms with Crippen LogP contribution in [0.2, 0.25) is 0 Å². The van der Waals surface area contributed by atoms with E-state index in [1.165, 1.54) is 12.1 Å². The molecule has 0 saturated carbocycles. The molecule has 0 bridgehead atoms. The summed E-state index contributed by atoms with van der Waals surface area (Å²) in [6, 6.07) is 4.33. The summed E-state index contributed by atoms with van der Waals surface area (Å²) in [6.07, 6.45) is 0. The smallest absolute Gasteiger partial charge is 0.294 e. The number of benzene rings is 1. The van der Waals surface area contributed by atoms with Crippen LogP contribution < -0.4 is 11.3 Å². The zero-order valence-corrected chi connectivity index (χ0v) is 12.8. The monoisotopic (exact) mass is 294 g/mol. The van der Waals surface area contributed by atoms with Crippen LogP contribution in [0.25, 0.3) is 0 Å². The Labute approximate surface area is 124 Å². The number of nitro benzene ring substituents is 1. The van der Waals surface area contributed by atoms with E-state index in [0.29, 0.717) is 12.5 Å². The third-order valence-corrected chi connectivity index (χ3v) is 3.06. The van der Waals surface area contributed by atoms with E-state index in [4.69, 9.17) is 5.84 Å². The molecule has 0 aromatic heterocycles. The van der Waals surface area contributed by atoms with Crippen molar-refractivity contribution in [2.45, 2.75) is 33.7 Å². The van der Waals surface area contributed by atoms with Crippen molar-refractivity contribution in [3.05, 3.63) is 33.9 Å². The molecular formula is C14H22N4O3. The lowest BCUT2D eigenvalue weighted by Gasteiger charge is -2.29. The fraction of sp³-hybridized carbons (Fsp3) is 0.500. The summed E-state index contributed by atoms with van der Waals surface area (Å²) in [4.78, 5) is 24.8. The number of nitrogens with one attached hydrogen (secondary N) is 1. The summed E-state index contributed by atoms with van der Waals surface area (Å²) in [7, 11) is 0. The van der Waals surface area contributed by atoms with Crippen LogP contribution in [0.4, 0.5) is 11.4 Å². The Balaban J connectivity index is 3.28. The summed E-state index contributed by atoms with van der Waals surface area (Å²) in [5.74, 6) is 5.41. The third-order valence-electron chi connectivity index (χ3n) is 3.06. The molecule has 1 aromatic carbocycles. The highest BCUT2D eigenvalue weighted by atomic mass is 16.6. The molecule has 21 heavy (non-hydrogen) atoms. The van der Waals surface area contributed by atoms with E-state index in [1.54, 1.807) is 11.0 Å². The van der Waals surface area contributed by atoms with Gasteiger partial charge in [-0.3, -0.25) is 20.8 Å². The topological polar surface area (TPSA) is 102 Å². The van der Waals surface area contributed by atoms with Gasteiger partial charge in [-0.25, -0.2) is 0 Å². The van der Waals surface area contributed by atoms with Crippen molar-refractivity contribution >= 4 is 17.3 Å². The molecule has 0 radical (unpaired) electrons. The van der Waals surface area contributed by atoms with Gasteiger partial charge < -0.3 is 10.3 Å². The Hall–Kier alpha value is -2.15. The molecule has 0 aliphatic heterocycles. The van der Waals surface area contributed by atoms with Crippen LogP contribution in [0.5, 0.6) is 0 Å². The van der Waals surface area contributed by atoms with Crippen LogP contribution in [0.1, 0.15) is 38.1 Å². The molecule has 7 nitrogen and oxygen atoms in total. The van der Waals surface area contributed by atoms with E-state index in [1.807, 2.05) is 27.7 Å². The normalized spacial score (nSPS) is 10.8. The fourth-order valence-electron chi connectivity index (χ4n) is 2.10. The molecule has 116 valence electrons. The number of hydrogen-bond donors (Lipinski definition) is 2. The first-order valence-electron chi connectivity index (χ1n) is 6.84. The zero-order valence-electron chi connectivity index (χ0n) is 12.8. The van der Waals surface area contributed by atoms with Crippen molar-refractivity contribution in [3.8, 4) is 0 Å². The Kier molecular flexibility index (Phi) is 5.66. The van der Waals surface area contributed by atoms with Gasteiger partial charge in [-0.15, -0.1) is 0 Å². The maximum atomic E-state index is 12.7. The number of anilines is 1. The Morgan fingerprint density at radius 2 is 2.00 bits per heavy atom. The molecule has 0 fully saturated rings. The van der Waals surface area contributed by atoms with Gasteiger partial charge in [0.25, 0.3) is 11.6 Å². The highest BCUT2D eigenvalue weighted by molar-refractivity contribution is 6.01. The van der Waals surface area contributed by atoms with Crippen LogP contribution in [-0.2, 0) is 0 Å². The molecule has 0 unspecified atom stereocenters. The maximum absolute atomic E-state index is 12.7. The van der Waals surface area contributed by atoms with Crippen molar-refractivity contribution in [1.29, 1.82) is 0 Å². The average molecular weight is 294 g/mol. The van der Waals surface area contributed by atoms with E-state index in [-0.39, 0.29) is 28.9 Å². The van der Waals surface area contributed by atoms with Crippen molar-refractivity contribution in [1.82, 2.24) is 4.90 Å². The minimum atomic E-state index is -0.561. The second-order valence-electron chi connectivity index (χ2n) is 5.55.